The van der Waals surface area contributed by atoms with Crippen LogP contribution in [-0.2, 0) is 21.5 Å². The number of methoxy groups -OCH3 is 1. The number of hydrogen-bond acceptors (Lipinski definition) is 3. The van der Waals surface area contributed by atoms with E-state index in [0.717, 1.165) is 37.7 Å². The van der Waals surface area contributed by atoms with Crippen LogP contribution in [0, 0.1) is 0 Å². The second-order valence-electron chi connectivity index (χ2n) is 7.92. The number of hydrogen-bond donors (Lipinski definition) is 1. The number of alkyl carbamates (subject to hydrolysis) is 1. The predicted molar refractivity (Wildman–Crippen MR) is 104 cm³/mol. The van der Waals surface area contributed by atoms with E-state index in [2.05, 4.69) is 35.6 Å². The molecule has 1 N–H and O–H groups in total. The number of carbonyl (C=O) groups excluding carboxylic acids is 1. The lowest BCUT2D eigenvalue weighted by Crippen LogP contribution is -2.63. The van der Waals surface area contributed by atoms with Crippen molar-refractivity contribution >= 4 is 6.09 Å². The number of nitrogens with one attached hydrogen (secondary N) is 1. The molecule has 0 aromatic heterocycles. The number of rotatable bonds is 5. The first-order valence-electron chi connectivity index (χ1n) is 9.73. The predicted octanol–water partition coefficient (Wildman–Crippen LogP) is 4.58. The minimum atomic E-state index is -0.331. The normalized spacial score (nSPS) is 29.3. The largest absolute Gasteiger partial charge is 0.445 e. The highest BCUT2D eigenvalue weighted by Crippen LogP contribution is 2.54. The van der Waals surface area contributed by atoms with Crippen molar-refractivity contribution in [1.29, 1.82) is 0 Å². The van der Waals surface area contributed by atoms with E-state index < -0.39 is 0 Å². The first kappa shape index (κ1) is 18.1. The molecule has 3 aliphatic carbocycles. The molecule has 1 atom stereocenters. The molecule has 2 aromatic carbocycles. The van der Waals surface area contributed by atoms with Crippen LogP contribution in [0.15, 0.2) is 60.7 Å². The van der Waals surface area contributed by atoms with E-state index in [4.69, 9.17) is 9.47 Å². The maximum atomic E-state index is 12.4. The fourth-order valence-corrected chi connectivity index (χ4v) is 4.96. The molecule has 4 heteroatoms. The van der Waals surface area contributed by atoms with E-state index in [1.807, 2.05) is 30.3 Å². The molecular weight excluding hydrogens is 338 g/mol. The molecule has 3 aliphatic rings. The molecular formula is C23H27NO3. The van der Waals surface area contributed by atoms with Gasteiger partial charge in [-0.3, -0.25) is 0 Å². The maximum absolute atomic E-state index is 12.4. The second-order valence-corrected chi connectivity index (χ2v) is 7.92. The van der Waals surface area contributed by atoms with Crippen molar-refractivity contribution in [3.63, 3.8) is 0 Å². The van der Waals surface area contributed by atoms with Gasteiger partial charge in [0.2, 0.25) is 0 Å². The van der Waals surface area contributed by atoms with Gasteiger partial charge < -0.3 is 14.8 Å². The van der Waals surface area contributed by atoms with Gasteiger partial charge in [0.1, 0.15) is 6.61 Å². The highest BCUT2D eigenvalue weighted by atomic mass is 16.5. The fraction of sp³-hybridized carbons (Fsp3) is 0.435. The molecule has 5 rings (SSSR count). The molecule has 0 radical (unpaired) electrons. The third-order valence-electron chi connectivity index (χ3n) is 6.51. The lowest BCUT2D eigenvalue weighted by Gasteiger charge is -2.57. The van der Waals surface area contributed by atoms with Crippen LogP contribution in [0.2, 0.25) is 0 Å². The van der Waals surface area contributed by atoms with E-state index in [1.165, 1.54) is 5.56 Å². The molecule has 3 fully saturated rings. The van der Waals surface area contributed by atoms with Gasteiger partial charge in [-0.15, -0.1) is 0 Å². The van der Waals surface area contributed by atoms with Gasteiger partial charge in [0.25, 0.3) is 0 Å². The van der Waals surface area contributed by atoms with Crippen molar-refractivity contribution in [2.45, 2.75) is 55.8 Å². The molecule has 27 heavy (non-hydrogen) atoms. The highest BCUT2D eigenvalue weighted by molar-refractivity contribution is 5.68. The van der Waals surface area contributed by atoms with E-state index in [9.17, 15) is 4.79 Å². The molecule has 1 amide bonds. The van der Waals surface area contributed by atoms with Gasteiger partial charge in [0.15, 0.2) is 0 Å². The summed E-state index contributed by atoms with van der Waals surface area (Å²) >= 11 is 0. The van der Waals surface area contributed by atoms with Crippen LogP contribution in [-0.4, -0.2) is 24.8 Å². The monoisotopic (exact) mass is 365 g/mol. The first-order valence-corrected chi connectivity index (χ1v) is 9.73. The zero-order valence-electron chi connectivity index (χ0n) is 15.8. The molecule has 0 spiro atoms. The zero-order chi connectivity index (χ0) is 18.7. The Bertz CT molecular complexity index is 767. The van der Waals surface area contributed by atoms with E-state index in [-0.39, 0.29) is 23.2 Å². The van der Waals surface area contributed by atoms with Crippen LogP contribution < -0.4 is 5.32 Å². The van der Waals surface area contributed by atoms with Crippen molar-refractivity contribution in [1.82, 2.24) is 5.32 Å². The summed E-state index contributed by atoms with van der Waals surface area (Å²) in [6.07, 6.45) is 4.58. The summed E-state index contributed by atoms with van der Waals surface area (Å²) < 4.78 is 11.4. The molecule has 1 unspecified atom stereocenters. The molecule has 0 saturated heterocycles. The molecule has 0 aliphatic heterocycles. The Morgan fingerprint density at radius 3 is 2.26 bits per heavy atom. The van der Waals surface area contributed by atoms with Gasteiger partial charge in [-0.1, -0.05) is 60.7 Å². The Morgan fingerprint density at radius 2 is 1.63 bits per heavy atom. The van der Waals surface area contributed by atoms with Crippen molar-refractivity contribution in [3.05, 3.63) is 71.8 Å². The van der Waals surface area contributed by atoms with Gasteiger partial charge in [0, 0.05) is 18.1 Å². The van der Waals surface area contributed by atoms with Crippen molar-refractivity contribution in [2.24, 2.45) is 0 Å². The standard InChI is InChI=1S/C23H27NO3/c1-26-20-16-22(24-21(25)27-17-18-8-4-2-5-9-18)12-14-23(20,15-13-22)19-10-6-3-7-11-19/h2-11,20H,12-17H2,1H3,(H,24,25). The summed E-state index contributed by atoms with van der Waals surface area (Å²) in [5.41, 5.74) is 2.20. The highest BCUT2D eigenvalue weighted by Gasteiger charge is 2.56. The fourth-order valence-electron chi connectivity index (χ4n) is 4.96. The Morgan fingerprint density at radius 1 is 1.00 bits per heavy atom. The van der Waals surface area contributed by atoms with Crippen LogP contribution in [0.1, 0.15) is 43.2 Å². The van der Waals surface area contributed by atoms with Gasteiger partial charge in [-0.25, -0.2) is 4.79 Å². The van der Waals surface area contributed by atoms with Crippen molar-refractivity contribution in [2.75, 3.05) is 7.11 Å². The minimum Gasteiger partial charge on any atom is -0.445 e. The maximum Gasteiger partial charge on any atom is 0.407 e. The summed E-state index contributed by atoms with van der Waals surface area (Å²) in [6.45, 7) is 0.296. The zero-order valence-corrected chi connectivity index (χ0v) is 15.8. The average molecular weight is 365 g/mol. The molecule has 2 aromatic rings. The van der Waals surface area contributed by atoms with Gasteiger partial charge >= 0.3 is 6.09 Å². The lowest BCUT2D eigenvalue weighted by molar-refractivity contribution is -0.0712. The third kappa shape index (κ3) is 3.46. The number of amides is 1. The molecule has 4 nitrogen and oxygen atoms in total. The van der Waals surface area contributed by atoms with Gasteiger partial charge in [0.05, 0.1) is 6.10 Å². The number of benzene rings is 2. The minimum absolute atomic E-state index is 0.0629. The summed E-state index contributed by atoms with van der Waals surface area (Å²) in [5, 5.41) is 3.18. The van der Waals surface area contributed by atoms with Gasteiger partial charge in [-0.2, -0.15) is 0 Å². The van der Waals surface area contributed by atoms with Crippen molar-refractivity contribution < 1.29 is 14.3 Å². The van der Waals surface area contributed by atoms with E-state index >= 15 is 0 Å². The summed E-state index contributed by atoms with van der Waals surface area (Å²) in [7, 11) is 1.79. The number of ether oxygens (including phenoxy) is 2. The number of fused-ring (bicyclic) bond motifs is 3. The smallest absolute Gasteiger partial charge is 0.407 e. The Hall–Kier alpha value is -2.33. The Labute approximate surface area is 160 Å². The molecule has 2 bridgehead atoms. The Kier molecular flexibility index (Phi) is 4.92. The quantitative estimate of drug-likeness (QED) is 0.843. The molecule has 142 valence electrons. The van der Waals surface area contributed by atoms with Crippen LogP contribution in [0.4, 0.5) is 4.79 Å². The summed E-state index contributed by atoms with van der Waals surface area (Å²) in [6, 6.07) is 20.5. The van der Waals surface area contributed by atoms with Crippen LogP contribution >= 0.6 is 0 Å². The SMILES string of the molecule is COC1CC2(NC(=O)OCc3ccccc3)CCC1(c1ccccc1)CC2. The molecule has 3 saturated carbocycles. The molecule has 0 heterocycles. The first-order chi connectivity index (χ1) is 13.2. The lowest BCUT2D eigenvalue weighted by atomic mass is 9.53. The summed E-state index contributed by atoms with van der Waals surface area (Å²) in [4.78, 5) is 12.4. The Balaban J connectivity index is 1.43. The van der Waals surface area contributed by atoms with E-state index in [0.29, 0.717) is 6.61 Å². The third-order valence-corrected chi connectivity index (χ3v) is 6.51. The van der Waals surface area contributed by atoms with Gasteiger partial charge in [-0.05, 0) is 43.2 Å². The topological polar surface area (TPSA) is 47.6 Å². The summed E-state index contributed by atoms with van der Waals surface area (Å²) in [5.74, 6) is 0. The van der Waals surface area contributed by atoms with E-state index in [1.54, 1.807) is 7.11 Å². The van der Waals surface area contributed by atoms with Crippen LogP contribution in [0.3, 0.4) is 0 Å². The van der Waals surface area contributed by atoms with Crippen molar-refractivity contribution in [3.8, 4) is 0 Å². The second kappa shape index (κ2) is 7.35. The number of carbonyl (C=O) groups is 1. The van der Waals surface area contributed by atoms with Crippen LogP contribution in [0.25, 0.3) is 0 Å². The average Bonchev–Trinajstić information content (AvgIpc) is 2.74. The van der Waals surface area contributed by atoms with Crippen LogP contribution in [0.5, 0.6) is 0 Å².